The number of anilines is 3. The van der Waals surface area contributed by atoms with Gasteiger partial charge in [0.2, 0.25) is 0 Å². The van der Waals surface area contributed by atoms with Crippen LogP contribution >= 0.6 is 0 Å². The van der Waals surface area contributed by atoms with E-state index in [9.17, 15) is 0 Å². The Morgan fingerprint density at radius 2 is 1.93 bits per heavy atom. The van der Waals surface area contributed by atoms with Crippen molar-refractivity contribution in [1.29, 1.82) is 0 Å². The first-order valence-corrected chi connectivity index (χ1v) is 4.80. The van der Waals surface area contributed by atoms with Crippen molar-refractivity contribution in [2.75, 3.05) is 11.1 Å². The number of nitrogen functional groups attached to an aromatic ring is 1. The highest BCUT2D eigenvalue weighted by Crippen LogP contribution is 2.17. The van der Waals surface area contributed by atoms with Crippen LogP contribution in [0.5, 0.6) is 0 Å². The van der Waals surface area contributed by atoms with Gasteiger partial charge >= 0.3 is 0 Å². The molecule has 0 radical (unpaired) electrons. The molecule has 0 unspecified atom stereocenters. The van der Waals surface area contributed by atoms with E-state index in [4.69, 9.17) is 5.73 Å². The smallest absolute Gasteiger partial charge is 0.130 e. The molecule has 15 heavy (non-hydrogen) atoms. The SMILES string of the molecule is Cc1cc(Nc2ccccc2)ncc1N. The number of pyridine rings is 1. The maximum absolute atomic E-state index is 5.69. The van der Waals surface area contributed by atoms with Gasteiger partial charge in [0.05, 0.1) is 11.9 Å². The molecule has 1 aromatic carbocycles. The van der Waals surface area contributed by atoms with Crippen molar-refractivity contribution in [2.24, 2.45) is 0 Å². The summed E-state index contributed by atoms with van der Waals surface area (Å²) in [6.07, 6.45) is 1.67. The van der Waals surface area contributed by atoms with Crippen LogP contribution in [0.4, 0.5) is 17.2 Å². The average molecular weight is 199 g/mol. The molecule has 2 rings (SSSR count). The molecule has 0 aliphatic heterocycles. The highest BCUT2D eigenvalue weighted by Gasteiger charge is 1.98. The molecule has 0 aliphatic rings. The van der Waals surface area contributed by atoms with Crippen molar-refractivity contribution < 1.29 is 0 Å². The topological polar surface area (TPSA) is 50.9 Å². The zero-order valence-electron chi connectivity index (χ0n) is 8.57. The van der Waals surface area contributed by atoms with Crippen LogP contribution in [0.15, 0.2) is 42.6 Å². The number of nitrogens with two attached hydrogens (primary N) is 1. The summed E-state index contributed by atoms with van der Waals surface area (Å²) in [6, 6.07) is 11.9. The molecule has 1 heterocycles. The first kappa shape index (κ1) is 9.52. The molecular weight excluding hydrogens is 186 g/mol. The minimum Gasteiger partial charge on any atom is -0.397 e. The Hall–Kier alpha value is -2.03. The van der Waals surface area contributed by atoms with Gasteiger partial charge in [-0.2, -0.15) is 0 Å². The third kappa shape index (κ3) is 2.26. The van der Waals surface area contributed by atoms with E-state index >= 15 is 0 Å². The molecule has 0 amide bonds. The first-order chi connectivity index (χ1) is 7.25. The summed E-state index contributed by atoms with van der Waals surface area (Å²) in [6.45, 7) is 1.97. The average Bonchev–Trinajstić information content (AvgIpc) is 2.25. The van der Waals surface area contributed by atoms with Gasteiger partial charge in [-0.1, -0.05) is 18.2 Å². The van der Waals surface area contributed by atoms with E-state index in [2.05, 4.69) is 10.3 Å². The molecule has 3 heteroatoms. The molecule has 0 saturated heterocycles. The van der Waals surface area contributed by atoms with E-state index in [0.29, 0.717) is 5.69 Å². The number of para-hydroxylation sites is 1. The number of nitrogens with one attached hydrogen (secondary N) is 1. The molecule has 2 aromatic rings. The summed E-state index contributed by atoms with van der Waals surface area (Å²) >= 11 is 0. The van der Waals surface area contributed by atoms with Crippen LogP contribution in [0.3, 0.4) is 0 Å². The van der Waals surface area contributed by atoms with E-state index in [1.165, 1.54) is 0 Å². The third-order valence-electron chi connectivity index (χ3n) is 2.20. The Morgan fingerprint density at radius 1 is 1.20 bits per heavy atom. The van der Waals surface area contributed by atoms with Crippen molar-refractivity contribution in [3.8, 4) is 0 Å². The highest BCUT2D eigenvalue weighted by molar-refractivity contribution is 5.59. The second-order valence-electron chi connectivity index (χ2n) is 3.42. The van der Waals surface area contributed by atoms with Gasteiger partial charge in [-0.05, 0) is 30.7 Å². The van der Waals surface area contributed by atoms with E-state index < -0.39 is 0 Å². The number of benzene rings is 1. The third-order valence-corrected chi connectivity index (χ3v) is 2.20. The number of aromatic nitrogens is 1. The van der Waals surface area contributed by atoms with Gasteiger partial charge in [0.15, 0.2) is 0 Å². The second kappa shape index (κ2) is 4.00. The molecule has 0 fully saturated rings. The fourth-order valence-corrected chi connectivity index (χ4v) is 1.30. The lowest BCUT2D eigenvalue weighted by Gasteiger charge is -2.06. The Morgan fingerprint density at radius 3 is 2.60 bits per heavy atom. The molecule has 3 nitrogen and oxygen atoms in total. The summed E-state index contributed by atoms with van der Waals surface area (Å²) in [4.78, 5) is 4.20. The van der Waals surface area contributed by atoms with Crippen molar-refractivity contribution in [2.45, 2.75) is 6.92 Å². The van der Waals surface area contributed by atoms with Crippen LogP contribution in [0, 0.1) is 6.92 Å². The van der Waals surface area contributed by atoms with E-state index in [1.807, 2.05) is 43.3 Å². The quantitative estimate of drug-likeness (QED) is 0.781. The maximum Gasteiger partial charge on any atom is 0.130 e. The fourth-order valence-electron chi connectivity index (χ4n) is 1.30. The number of hydrogen-bond donors (Lipinski definition) is 2. The van der Waals surface area contributed by atoms with Crippen LogP contribution in [0.25, 0.3) is 0 Å². The molecule has 0 saturated carbocycles. The fraction of sp³-hybridized carbons (Fsp3) is 0.0833. The zero-order valence-corrected chi connectivity index (χ0v) is 8.57. The molecule has 76 valence electrons. The van der Waals surface area contributed by atoms with Gasteiger partial charge in [0.1, 0.15) is 5.82 Å². The van der Waals surface area contributed by atoms with E-state index in [1.54, 1.807) is 6.20 Å². The first-order valence-electron chi connectivity index (χ1n) is 4.80. The van der Waals surface area contributed by atoms with Gasteiger partial charge in [0.25, 0.3) is 0 Å². The summed E-state index contributed by atoms with van der Waals surface area (Å²) < 4.78 is 0. The van der Waals surface area contributed by atoms with E-state index in [-0.39, 0.29) is 0 Å². The second-order valence-corrected chi connectivity index (χ2v) is 3.42. The van der Waals surface area contributed by atoms with Gasteiger partial charge < -0.3 is 11.1 Å². The monoisotopic (exact) mass is 199 g/mol. The largest absolute Gasteiger partial charge is 0.397 e. The minimum absolute atomic E-state index is 0.716. The van der Waals surface area contributed by atoms with Gasteiger partial charge in [0, 0.05) is 5.69 Å². The minimum atomic E-state index is 0.716. The number of rotatable bonds is 2. The molecule has 3 N–H and O–H groups in total. The molecule has 0 aliphatic carbocycles. The van der Waals surface area contributed by atoms with Crippen LogP contribution < -0.4 is 11.1 Å². The van der Waals surface area contributed by atoms with Crippen molar-refractivity contribution in [3.05, 3.63) is 48.2 Å². The number of aryl methyl sites for hydroxylation is 1. The van der Waals surface area contributed by atoms with E-state index in [0.717, 1.165) is 17.1 Å². The van der Waals surface area contributed by atoms with Crippen LogP contribution in [0.2, 0.25) is 0 Å². The normalized spacial score (nSPS) is 9.93. The van der Waals surface area contributed by atoms with Crippen LogP contribution in [-0.2, 0) is 0 Å². The summed E-state index contributed by atoms with van der Waals surface area (Å²) in [5.74, 6) is 0.813. The summed E-state index contributed by atoms with van der Waals surface area (Å²) in [5, 5.41) is 3.21. The Labute approximate surface area is 89.0 Å². The maximum atomic E-state index is 5.69. The van der Waals surface area contributed by atoms with Crippen molar-refractivity contribution in [3.63, 3.8) is 0 Å². The molecule has 0 atom stereocenters. The van der Waals surface area contributed by atoms with Gasteiger partial charge in [-0.15, -0.1) is 0 Å². The molecule has 0 bridgehead atoms. The lowest BCUT2D eigenvalue weighted by molar-refractivity contribution is 1.28. The Balaban J connectivity index is 2.22. The van der Waals surface area contributed by atoms with Crippen molar-refractivity contribution in [1.82, 2.24) is 4.98 Å². The molecule has 1 aromatic heterocycles. The standard InChI is InChI=1S/C12H13N3/c1-9-7-12(14-8-11(9)13)15-10-5-3-2-4-6-10/h2-8H,13H2,1H3,(H,14,15). The predicted molar refractivity (Wildman–Crippen MR) is 63.1 cm³/mol. The molecular formula is C12H13N3. The summed E-state index contributed by atoms with van der Waals surface area (Å²) in [7, 11) is 0. The molecule has 0 spiro atoms. The van der Waals surface area contributed by atoms with Crippen LogP contribution in [0.1, 0.15) is 5.56 Å². The van der Waals surface area contributed by atoms with Gasteiger partial charge in [-0.25, -0.2) is 4.98 Å². The highest BCUT2D eigenvalue weighted by atomic mass is 15.0. The van der Waals surface area contributed by atoms with Crippen molar-refractivity contribution >= 4 is 17.2 Å². The number of nitrogens with zero attached hydrogens (tertiary/aromatic N) is 1. The van der Waals surface area contributed by atoms with Crippen LogP contribution in [-0.4, -0.2) is 4.98 Å². The van der Waals surface area contributed by atoms with Gasteiger partial charge in [-0.3, -0.25) is 0 Å². The summed E-state index contributed by atoms with van der Waals surface area (Å²) in [5.41, 5.74) is 8.46. The Kier molecular flexibility index (Phi) is 2.54. The lowest BCUT2D eigenvalue weighted by atomic mass is 10.2. The number of hydrogen-bond acceptors (Lipinski definition) is 3. The predicted octanol–water partition coefficient (Wildman–Crippen LogP) is 2.72. The Bertz CT molecular complexity index is 452. The lowest BCUT2D eigenvalue weighted by Crippen LogP contribution is -1.96. The zero-order chi connectivity index (χ0) is 10.7.